The highest BCUT2D eigenvalue weighted by atomic mass is 14.7. The minimum Gasteiger partial charge on any atom is -0.256 e. The highest BCUT2D eigenvalue weighted by Crippen LogP contribution is 2.26. The molecule has 16 heavy (non-hydrogen) atoms. The summed E-state index contributed by atoms with van der Waals surface area (Å²) >= 11 is 0. The predicted molar refractivity (Wildman–Crippen MR) is 68.4 cm³/mol. The zero-order valence-electron chi connectivity index (χ0n) is 13.8. The number of benzene rings is 1. The molecule has 0 radical (unpaired) electrons. The van der Waals surface area contributed by atoms with E-state index in [9.17, 15) is 0 Å². The lowest BCUT2D eigenvalue weighted by Crippen LogP contribution is -2.10. The van der Waals surface area contributed by atoms with Crippen molar-refractivity contribution in [3.8, 4) is 11.3 Å². The number of hydrogen-bond donors (Lipinski definition) is 0. The molecule has 0 unspecified atom stereocenters. The molecule has 0 saturated carbocycles. The van der Waals surface area contributed by atoms with Gasteiger partial charge < -0.3 is 0 Å². The maximum Gasteiger partial charge on any atom is 0.0840 e. The van der Waals surface area contributed by atoms with Gasteiger partial charge in [0, 0.05) is 11.7 Å². The van der Waals surface area contributed by atoms with Gasteiger partial charge in [-0.05, 0) is 29.1 Å². The lowest BCUT2D eigenvalue weighted by Gasteiger charge is -2.19. The third kappa shape index (κ3) is 2.30. The maximum absolute atomic E-state index is 7.94. The van der Waals surface area contributed by atoms with Gasteiger partial charge in [0.15, 0.2) is 0 Å². The summed E-state index contributed by atoms with van der Waals surface area (Å²) < 4.78 is 30.8. The Hall–Kier alpha value is -1.63. The van der Waals surface area contributed by atoms with Crippen molar-refractivity contribution >= 4 is 0 Å². The summed E-state index contributed by atoms with van der Waals surface area (Å²) in [4.78, 5) is 4.00. The van der Waals surface area contributed by atoms with Gasteiger partial charge in [-0.25, -0.2) is 0 Å². The molecule has 0 fully saturated rings. The fourth-order valence-corrected chi connectivity index (χ4v) is 1.50. The van der Waals surface area contributed by atoms with E-state index < -0.39 is 0 Å². The van der Waals surface area contributed by atoms with Gasteiger partial charge in [0.25, 0.3) is 0 Å². The minimum absolute atomic E-state index is 0.0266. The third-order valence-corrected chi connectivity index (χ3v) is 2.47. The quantitative estimate of drug-likeness (QED) is 0.699. The van der Waals surface area contributed by atoms with E-state index in [1.165, 1.54) is 0 Å². The van der Waals surface area contributed by atoms with E-state index in [-0.39, 0.29) is 29.7 Å². The third-order valence-electron chi connectivity index (χ3n) is 2.47. The largest absolute Gasteiger partial charge is 0.256 e. The number of hydrogen-bond acceptors (Lipinski definition) is 1. The Morgan fingerprint density at radius 2 is 2.00 bits per heavy atom. The van der Waals surface area contributed by atoms with E-state index in [1.807, 2.05) is 24.3 Å². The van der Waals surface area contributed by atoms with E-state index in [4.69, 9.17) is 5.48 Å². The topological polar surface area (TPSA) is 12.9 Å². The Balaban J connectivity index is 2.64. The highest BCUT2D eigenvalue weighted by Gasteiger charge is 2.13. The van der Waals surface area contributed by atoms with E-state index in [0.29, 0.717) is 11.3 Å². The smallest absolute Gasteiger partial charge is 0.0840 e. The average molecular weight is 215 g/mol. The molecule has 1 heteroatoms. The van der Waals surface area contributed by atoms with Crippen LogP contribution in [0.4, 0.5) is 0 Å². The second-order valence-electron chi connectivity index (χ2n) is 4.78. The first-order chi connectivity index (χ1) is 9.21. The zero-order valence-corrected chi connectivity index (χ0v) is 9.76. The van der Waals surface area contributed by atoms with Gasteiger partial charge in [-0.3, -0.25) is 4.98 Å². The molecule has 1 aromatic carbocycles. The fraction of sp³-hybridized carbons (Fsp3) is 0.267. The Kier molecular flexibility index (Phi) is 1.75. The first-order valence-corrected chi connectivity index (χ1v) is 5.27. The van der Waals surface area contributed by atoms with Crippen LogP contribution in [0, 0.1) is 0 Å². The first kappa shape index (κ1) is 6.85. The van der Waals surface area contributed by atoms with Crippen LogP contribution in [0.15, 0.2) is 48.6 Å². The lowest BCUT2D eigenvalue weighted by molar-refractivity contribution is 0.590. The summed E-state index contributed by atoms with van der Waals surface area (Å²) in [7, 11) is 0. The van der Waals surface area contributed by atoms with Gasteiger partial charge >= 0.3 is 0 Å². The molecule has 1 heterocycles. The molecule has 2 rings (SSSR count). The minimum atomic E-state index is -0.300. The summed E-state index contributed by atoms with van der Waals surface area (Å²) in [6, 6.07) is 7.00. The average Bonchev–Trinajstić information content (AvgIpc) is 2.40. The molecule has 1 nitrogen and oxygen atoms in total. The van der Waals surface area contributed by atoms with Crippen molar-refractivity contribution in [2.75, 3.05) is 0 Å². The molecule has 0 aliphatic rings. The van der Waals surface area contributed by atoms with Gasteiger partial charge in [-0.2, -0.15) is 0 Å². The Bertz CT molecular complexity index is 660. The Morgan fingerprint density at radius 1 is 1.19 bits per heavy atom. The monoisotopic (exact) mass is 215 g/mol. The molecular weight excluding hydrogens is 194 g/mol. The Morgan fingerprint density at radius 3 is 2.75 bits per heavy atom. The van der Waals surface area contributed by atoms with Crippen LogP contribution in [0.1, 0.15) is 31.8 Å². The van der Waals surface area contributed by atoms with Gasteiger partial charge in [-0.1, -0.05) is 45.0 Å². The van der Waals surface area contributed by atoms with Crippen molar-refractivity contribution in [1.29, 1.82) is 0 Å². The van der Waals surface area contributed by atoms with Crippen molar-refractivity contribution in [1.82, 2.24) is 4.98 Å². The van der Waals surface area contributed by atoms with Crippen molar-refractivity contribution in [2.24, 2.45) is 0 Å². The zero-order chi connectivity index (χ0) is 15.1. The standard InChI is InChI=1S/C15H17N/c1-15(2,3)13-8-6-7-12(11-13)14-9-4-5-10-16-14/h4-11H,1-3H3/i4D,5D,9D,10D. The molecule has 1 aromatic heterocycles. The van der Waals surface area contributed by atoms with Crippen molar-refractivity contribution in [3.05, 3.63) is 54.1 Å². The van der Waals surface area contributed by atoms with Gasteiger partial charge in [0.2, 0.25) is 0 Å². The predicted octanol–water partition coefficient (Wildman–Crippen LogP) is 4.05. The molecule has 0 amide bonds. The normalized spacial score (nSPS) is 14.9. The number of aromatic nitrogens is 1. The second kappa shape index (κ2) is 4.09. The molecular formula is C15H17N. The van der Waals surface area contributed by atoms with E-state index >= 15 is 0 Å². The van der Waals surface area contributed by atoms with Crippen LogP contribution in [0.25, 0.3) is 11.3 Å². The van der Waals surface area contributed by atoms with E-state index in [2.05, 4.69) is 25.8 Å². The summed E-state index contributed by atoms with van der Waals surface area (Å²) in [6.45, 7) is 6.29. The molecule has 0 aliphatic heterocycles. The lowest BCUT2D eigenvalue weighted by atomic mass is 9.86. The number of pyridine rings is 1. The number of nitrogens with zero attached hydrogens (tertiary/aromatic N) is 1. The highest BCUT2D eigenvalue weighted by molar-refractivity contribution is 5.60. The van der Waals surface area contributed by atoms with E-state index in [1.54, 1.807) is 0 Å². The van der Waals surface area contributed by atoms with Crippen LogP contribution in [-0.4, -0.2) is 4.98 Å². The van der Waals surface area contributed by atoms with Gasteiger partial charge in [0.05, 0.1) is 11.2 Å². The van der Waals surface area contributed by atoms with E-state index in [0.717, 1.165) is 5.56 Å². The van der Waals surface area contributed by atoms with Crippen molar-refractivity contribution in [2.45, 2.75) is 26.2 Å². The molecule has 0 aliphatic carbocycles. The molecule has 0 N–H and O–H groups in total. The van der Waals surface area contributed by atoms with Crippen LogP contribution >= 0.6 is 0 Å². The molecule has 0 saturated heterocycles. The molecule has 82 valence electrons. The summed E-state index contributed by atoms with van der Waals surface area (Å²) in [6.07, 6.45) is -0.262. The summed E-state index contributed by atoms with van der Waals surface area (Å²) in [5, 5.41) is 0. The first-order valence-electron chi connectivity index (χ1n) is 7.27. The summed E-state index contributed by atoms with van der Waals surface area (Å²) in [5.74, 6) is 0. The Labute approximate surface area is 103 Å². The number of rotatable bonds is 1. The molecule has 0 bridgehead atoms. The molecule has 2 aromatic rings. The van der Waals surface area contributed by atoms with Crippen LogP contribution in [0.5, 0.6) is 0 Å². The molecule has 0 atom stereocenters. The van der Waals surface area contributed by atoms with Crippen LogP contribution in [0.3, 0.4) is 0 Å². The van der Waals surface area contributed by atoms with Gasteiger partial charge in [-0.15, -0.1) is 0 Å². The maximum atomic E-state index is 7.94. The van der Waals surface area contributed by atoms with Crippen molar-refractivity contribution in [3.63, 3.8) is 0 Å². The fourth-order valence-electron chi connectivity index (χ4n) is 1.50. The second-order valence-corrected chi connectivity index (χ2v) is 4.78. The SMILES string of the molecule is [2H]c1nc(-c2cccc(C(C)(C)C)c2)c([2H])c([2H])c1[2H]. The van der Waals surface area contributed by atoms with Crippen LogP contribution in [0.2, 0.25) is 0 Å². The van der Waals surface area contributed by atoms with Crippen molar-refractivity contribution < 1.29 is 5.48 Å². The van der Waals surface area contributed by atoms with Gasteiger partial charge in [0.1, 0.15) is 0 Å². The summed E-state index contributed by atoms with van der Waals surface area (Å²) in [5.41, 5.74) is 2.08. The molecule has 0 spiro atoms. The van der Waals surface area contributed by atoms with Crippen LogP contribution in [-0.2, 0) is 5.41 Å². The van der Waals surface area contributed by atoms with Crippen LogP contribution < -0.4 is 0 Å².